The van der Waals surface area contributed by atoms with Crippen molar-refractivity contribution in [2.24, 2.45) is 0 Å². The lowest BCUT2D eigenvalue weighted by Crippen LogP contribution is -2.30. The Labute approximate surface area is 152 Å². The number of para-hydroxylation sites is 1. The van der Waals surface area contributed by atoms with E-state index in [4.69, 9.17) is 0 Å². The number of rotatable bonds is 4. The van der Waals surface area contributed by atoms with Gasteiger partial charge in [0, 0.05) is 0 Å². The normalized spacial score (nSPS) is 10.7. The molecule has 27 heavy (non-hydrogen) atoms. The van der Waals surface area contributed by atoms with Gasteiger partial charge in [-0.3, -0.25) is 15.6 Å². The van der Waals surface area contributed by atoms with Crippen molar-refractivity contribution >= 4 is 22.8 Å². The van der Waals surface area contributed by atoms with E-state index in [0.717, 1.165) is 0 Å². The first-order valence-electron chi connectivity index (χ1n) is 7.92. The van der Waals surface area contributed by atoms with E-state index in [1.165, 1.54) is 41.5 Å². The predicted molar refractivity (Wildman–Crippen MR) is 95.8 cm³/mol. The Morgan fingerprint density at radius 1 is 1.07 bits per heavy atom. The number of nitrogens with one attached hydrogen (secondary N) is 2. The molecule has 2 heterocycles. The number of carbonyl (C=O) groups excluding carboxylic acids is 1. The number of phenolic OH excluding ortho intramolecular Hbond substituents is 1. The molecule has 3 N–H and O–H groups in total. The summed E-state index contributed by atoms with van der Waals surface area (Å²) in [7, 11) is 0. The smallest absolute Gasteiger partial charge is 0.273 e. The van der Waals surface area contributed by atoms with Crippen LogP contribution in [-0.4, -0.2) is 30.8 Å². The van der Waals surface area contributed by atoms with E-state index < -0.39 is 5.91 Å². The molecule has 0 atom stereocenters. The van der Waals surface area contributed by atoms with Gasteiger partial charge < -0.3 is 5.11 Å². The molecule has 0 bridgehead atoms. The third kappa shape index (κ3) is 3.13. The molecule has 4 aromatic rings. The molecule has 134 valence electrons. The number of hydrogen-bond acceptors (Lipinski definition) is 6. The number of anilines is 1. The van der Waals surface area contributed by atoms with Gasteiger partial charge in [0.15, 0.2) is 11.5 Å². The fraction of sp³-hybridized carbons (Fsp3) is 0. The Bertz CT molecular complexity index is 1130. The number of halogens is 1. The van der Waals surface area contributed by atoms with Crippen LogP contribution in [0.5, 0.6) is 5.75 Å². The number of hydrogen-bond donors (Lipinski definition) is 3. The summed E-state index contributed by atoms with van der Waals surface area (Å²) in [6.07, 6.45) is 2.85. The molecule has 0 unspecified atom stereocenters. The van der Waals surface area contributed by atoms with E-state index in [0.29, 0.717) is 22.5 Å². The molecule has 8 nitrogen and oxygen atoms in total. The summed E-state index contributed by atoms with van der Waals surface area (Å²) < 4.78 is 14.7. The summed E-state index contributed by atoms with van der Waals surface area (Å²) in [5.41, 5.74) is 6.43. The zero-order valence-electron chi connectivity index (χ0n) is 13.8. The molecule has 0 spiro atoms. The van der Waals surface area contributed by atoms with Crippen molar-refractivity contribution in [2.75, 3.05) is 5.43 Å². The highest BCUT2D eigenvalue weighted by molar-refractivity contribution is 5.98. The van der Waals surface area contributed by atoms with Crippen LogP contribution in [0, 0.1) is 5.82 Å². The summed E-state index contributed by atoms with van der Waals surface area (Å²) in [6.45, 7) is 0. The molecular formula is C18H13FN6O2. The number of fused-ring (bicyclic) bond motifs is 1. The summed E-state index contributed by atoms with van der Waals surface area (Å²) in [5.74, 6) is -0.671. The minimum atomic E-state index is -0.522. The molecule has 0 aliphatic carbocycles. The van der Waals surface area contributed by atoms with Gasteiger partial charge in [0.05, 0.1) is 22.8 Å². The second kappa shape index (κ2) is 6.71. The Kier molecular flexibility index (Phi) is 4.09. The van der Waals surface area contributed by atoms with Crippen LogP contribution in [0.2, 0.25) is 0 Å². The van der Waals surface area contributed by atoms with Crippen LogP contribution in [0.3, 0.4) is 0 Å². The van der Waals surface area contributed by atoms with Crippen LogP contribution in [0.4, 0.5) is 10.2 Å². The van der Waals surface area contributed by atoms with Crippen molar-refractivity contribution in [3.63, 3.8) is 0 Å². The van der Waals surface area contributed by atoms with Crippen LogP contribution < -0.4 is 10.9 Å². The number of benzene rings is 2. The van der Waals surface area contributed by atoms with E-state index >= 15 is 0 Å². The maximum atomic E-state index is 13.1. The van der Waals surface area contributed by atoms with Crippen LogP contribution in [0.15, 0.2) is 61.1 Å². The van der Waals surface area contributed by atoms with Crippen molar-refractivity contribution < 1.29 is 14.3 Å². The predicted octanol–water partition coefficient (Wildman–Crippen LogP) is 2.42. The maximum Gasteiger partial charge on any atom is 0.273 e. The molecule has 0 aliphatic heterocycles. The molecule has 0 radical (unpaired) electrons. The first-order chi connectivity index (χ1) is 13.1. The van der Waals surface area contributed by atoms with Crippen LogP contribution >= 0.6 is 0 Å². The topological polar surface area (TPSA) is 105 Å². The molecule has 9 heteroatoms. The molecule has 1 amide bonds. The molecule has 2 aromatic heterocycles. The third-order valence-corrected chi connectivity index (χ3v) is 3.88. The number of phenols is 1. The number of aromatic nitrogens is 4. The van der Waals surface area contributed by atoms with E-state index in [1.807, 2.05) is 0 Å². The quantitative estimate of drug-likeness (QED) is 0.480. The van der Waals surface area contributed by atoms with Crippen molar-refractivity contribution in [1.82, 2.24) is 25.2 Å². The Morgan fingerprint density at radius 3 is 2.63 bits per heavy atom. The minimum Gasteiger partial charge on any atom is -0.507 e. The second-order valence-electron chi connectivity index (χ2n) is 5.59. The van der Waals surface area contributed by atoms with Gasteiger partial charge in [-0.1, -0.05) is 12.1 Å². The number of aromatic hydroxyl groups is 1. The van der Waals surface area contributed by atoms with E-state index in [-0.39, 0.29) is 17.1 Å². The highest BCUT2D eigenvalue weighted by atomic mass is 19.1. The lowest BCUT2D eigenvalue weighted by Gasteiger charge is -2.09. The number of hydrazine groups is 1. The van der Waals surface area contributed by atoms with E-state index in [9.17, 15) is 14.3 Å². The summed E-state index contributed by atoms with van der Waals surface area (Å²) in [5, 5.41) is 14.6. The third-order valence-electron chi connectivity index (χ3n) is 3.88. The Balaban J connectivity index is 1.61. The van der Waals surface area contributed by atoms with Gasteiger partial charge in [0.1, 0.15) is 17.9 Å². The van der Waals surface area contributed by atoms with Gasteiger partial charge >= 0.3 is 0 Å². The van der Waals surface area contributed by atoms with Gasteiger partial charge in [0.2, 0.25) is 0 Å². The standard InChI is InChI=1S/C18H13FN6O2/c19-11-5-7-12(8-6-11)25-17-14(9-22-25)16(20-10-21-17)23-24-18(27)13-3-1-2-4-15(13)26/h1-10,26H,(H,24,27)(H,20,21,23). The van der Waals surface area contributed by atoms with Gasteiger partial charge in [-0.05, 0) is 36.4 Å². The van der Waals surface area contributed by atoms with Gasteiger partial charge in [-0.2, -0.15) is 5.10 Å². The molecule has 0 saturated carbocycles. The van der Waals surface area contributed by atoms with Crippen molar-refractivity contribution in [3.8, 4) is 11.4 Å². The largest absolute Gasteiger partial charge is 0.507 e. The fourth-order valence-corrected chi connectivity index (χ4v) is 2.56. The first kappa shape index (κ1) is 16.5. The van der Waals surface area contributed by atoms with Gasteiger partial charge in [0.25, 0.3) is 5.91 Å². The Morgan fingerprint density at radius 2 is 1.85 bits per heavy atom. The van der Waals surface area contributed by atoms with E-state index in [1.54, 1.807) is 24.3 Å². The average Bonchev–Trinajstić information content (AvgIpc) is 3.12. The van der Waals surface area contributed by atoms with Crippen molar-refractivity contribution in [2.45, 2.75) is 0 Å². The van der Waals surface area contributed by atoms with Gasteiger partial charge in [-0.15, -0.1) is 0 Å². The zero-order valence-corrected chi connectivity index (χ0v) is 13.8. The monoisotopic (exact) mass is 364 g/mol. The SMILES string of the molecule is O=C(NNc1ncnc2c1cnn2-c1ccc(F)cc1)c1ccccc1O. The number of nitrogens with zero attached hydrogens (tertiary/aromatic N) is 4. The average molecular weight is 364 g/mol. The summed E-state index contributed by atoms with van der Waals surface area (Å²) in [4.78, 5) is 20.5. The van der Waals surface area contributed by atoms with Crippen LogP contribution in [0.25, 0.3) is 16.7 Å². The molecule has 4 rings (SSSR count). The highest BCUT2D eigenvalue weighted by Crippen LogP contribution is 2.21. The second-order valence-corrected chi connectivity index (χ2v) is 5.59. The lowest BCUT2D eigenvalue weighted by atomic mass is 10.2. The van der Waals surface area contributed by atoms with Crippen molar-refractivity contribution in [1.29, 1.82) is 0 Å². The fourth-order valence-electron chi connectivity index (χ4n) is 2.56. The van der Waals surface area contributed by atoms with Crippen LogP contribution in [-0.2, 0) is 0 Å². The summed E-state index contributed by atoms with van der Waals surface area (Å²) >= 11 is 0. The van der Waals surface area contributed by atoms with E-state index in [2.05, 4.69) is 25.9 Å². The number of carbonyl (C=O) groups is 1. The molecule has 0 saturated heterocycles. The molecular weight excluding hydrogens is 351 g/mol. The lowest BCUT2D eigenvalue weighted by molar-refractivity contribution is 0.0960. The van der Waals surface area contributed by atoms with Crippen LogP contribution in [0.1, 0.15) is 10.4 Å². The summed E-state index contributed by atoms with van der Waals surface area (Å²) in [6, 6.07) is 12.0. The molecule has 0 fully saturated rings. The highest BCUT2D eigenvalue weighted by Gasteiger charge is 2.13. The molecule has 2 aromatic carbocycles. The maximum absolute atomic E-state index is 13.1. The molecule has 0 aliphatic rings. The Hall–Kier alpha value is -4.01. The minimum absolute atomic E-state index is 0.123. The first-order valence-corrected chi connectivity index (χ1v) is 7.92. The van der Waals surface area contributed by atoms with Crippen molar-refractivity contribution in [3.05, 3.63) is 72.4 Å². The number of amides is 1. The zero-order chi connectivity index (χ0) is 18.8. The van der Waals surface area contributed by atoms with Gasteiger partial charge in [-0.25, -0.2) is 19.0 Å².